The number of ether oxygens (including phenoxy) is 1. The minimum atomic E-state index is -4.73. The monoisotopic (exact) mass is 581 g/mol. The molecule has 206 valence electrons. The van der Waals surface area contributed by atoms with Crippen molar-refractivity contribution in [2.24, 2.45) is 0 Å². The fourth-order valence-corrected chi connectivity index (χ4v) is 5.97. The van der Waals surface area contributed by atoms with E-state index in [1.54, 1.807) is 19.1 Å². The molecule has 1 aliphatic rings. The van der Waals surface area contributed by atoms with Gasteiger partial charge in [0.2, 0.25) is 0 Å². The zero-order valence-electron chi connectivity index (χ0n) is 20.9. The van der Waals surface area contributed by atoms with Crippen LogP contribution in [0.4, 0.5) is 23.2 Å². The van der Waals surface area contributed by atoms with Crippen LogP contribution in [0.3, 0.4) is 0 Å². The molecule has 1 aliphatic heterocycles. The van der Waals surface area contributed by atoms with E-state index < -0.39 is 38.6 Å². The number of sulfonamides is 1. The number of carbonyl (C=O) groups excluding carboxylic acids is 1. The molecule has 11 heteroatoms. The van der Waals surface area contributed by atoms with Gasteiger partial charge in [-0.25, -0.2) is 12.8 Å². The number of halogens is 5. The number of hydrogen-bond donors (Lipinski definition) is 0. The highest BCUT2D eigenvalue weighted by Crippen LogP contribution is 2.41. The quantitative estimate of drug-likeness (QED) is 0.216. The van der Waals surface area contributed by atoms with Crippen molar-refractivity contribution in [3.63, 3.8) is 0 Å². The van der Waals surface area contributed by atoms with Gasteiger partial charge in [0.1, 0.15) is 23.5 Å². The van der Waals surface area contributed by atoms with Gasteiger partial charge in [0.25, 0.3) is 10.0 Å². The Labute approximate surface area is 228 Å². The predicted octanol–water partition coefficient (Wildman–Crippen LogP) is 7.38. The highest BCUT2D eigenvalue weighted by molar-refractivity contribution is 7.92. The second kappa shape index (κ2) is 11.0. The van der Waals surface area contributed by atoms with Crippen molar-refractivity contribution in [3.05, 3.63) is 88.2 Å². The summed E-state index contributed by atoms with van der Waals surface area (Å²) in [5.74, 6) is -0.462. The summed E-state index contributed by atoms with van der Waals surface area (Å²) in [6.45, 7) is 2.87. The Bertz CT molecular complexity index is 1530. The number of nitrogens with zero attached hydrogens (tertiary/aromatic N) is 1. The van der Waals surface area contributed by atoms with Gasteiger partial charge in [-0.05, 0) is 79.9 Å². The largest absolute Gasteiger partial charge is 0.486 e. The fourth-order valence-electron chi connectivity index (χ4n) is 4.21. The maximum atomic E-state index is 14.4. The first-order valence-electron chi connectivity index (χ1n) is 11.9. The molecule has 0 radical (unpaired) electrons. The average molecular weight is 582 g/mol. The van der Waals surface area contributed by atoms with Gasteiger partial charge in [0.15, 0.2) is 0 Å². The average Bonchev–Trinajstić information content (AvgIpc) is 2.88. The van der Waals surface area contributed by atoms with E-state index in [-0.39, 0.29) is 47.2 Å². The Morgan fingerprint density at radius 1 is 1.10 bits per heavy atom. The molecule has 4 rings (SSSR count). The maximum absolute atomic E-state index is 14.4. The summed E-state index contributed by atoms with van der Waals surface area (Å²) in [6, 6.07) is 12.5. The van der Waals surface area contributed by atoms with Crippen LogP contribution in [0.15, 0.2) is 65.6 Å². The molecule has 0 amide bonds. The number of anilines is 1. The number of fused-ring (bicyclic) bond motifs is 1. The molecule has 3 aromatic rings. The van der Waals surface area contributed by atoms with Crippen LogP contribution in [0.1, 0.15) is 43.4 Å². The summed E-state index contributed by atoms with van der Waals surface area (Å²) >= 11 is 6.14. The van der Waals surface area contributed by atoms with Gasteiger partial charge >= 0.3 is 6.18 Å². The van der Waals surface area contributed by atoms with E-state index in [1.165, 1.54) is 37.3 Å². The molecule has 1 atom stereocenters. The van der Waals surface area contributed by atoms with E-state index in [9.17, 15) is 30.8 Å². The van der Waals surface area contributed by atoms with Crippen LogP contribution in [-0.2, 0) is 21.0 Å². The summed E-state index contributed by atoms with van der Waals surface area (Å²) in [5, 5.41) is 0.192. The fraction of sp³-hybridized carbons (Fsp3) is 0.250. The molecular weight excluding hydrogens is 558 g/mol. The molecule has 0 saturated heterocycles. The van der Waals surface area contributed by atoms with Crippen molar-refractivity contribution in [1.29, 1.82) is 0 Å². The number of rotatable bonds is 7. The number of ketones is 1. The van der Waals surface area contributed by atoms with Crippen molar-refractivity contribution in [2.75, 3.05) is 10.8 Å². The van der Waals surface area contributed by atoms with E-state index in [0.29, 0.717) is 17.2 Å². The lowest BCUT2D eigenvalue weighted by Crippen LogP contribution is -2.43. The van der Waals surface area contributed by atoms with Gasteiger partial charge in [-0.1, -0.05) is 29.8 Å². The lowest BCUT2D eigenvalue weighted by atomic mass is 10.0. The second-order valence-electron chi connectivity index (χ2n) is 9.19. The van der Waals surface area contributed by atoms with E-state index in [2.05, 4.69) is 0 Å². The molecule has 39 heavy (non-hydrogen) atoms. The third kappa shape index (κ3) is 6.28. The van der Waals surface area contributed by atoms with Crippen LogP contribution in [0, 0.1) is 5.82 Å². The Kier molecular flexibility index (Phi) is 8.09. The molecule has 0 aliphatic carbocycles. The number of hydrogen-bond acceptors (Lipinski definition) is 4. The van der Waals surface area contributed by atoms with Gasteiger partial charge in [0, 0.05) is 12.0 Å². The minimum Gasteiger partial charge on any atom is -0.486 e. The number of alkyl halides is 3. The third-order valence-electron chi connectivity index (χ3n) is 6.27. The SMILES string of the molecule is CC(=O)CCC1CN(S(=O)(=O)c2cccc(C(F)(F)F)c2)c2cc(C(C)=Cc3c(F)cccc3Cl)ccc2O1. The molecular formula is C28H24ClF4NO4S. The first-order chi connectivity index (χ1) is 18.3. The molecule has 1 heterocycles. The van der Waals surface area contributed by atoms with Crippen LogP contribution in [0.25, 0.3) is 11.6 Å². The molecule has 1 unspecified atom stereocenters. The van der Waals surface area contributed by atoms with Crippen molar-refractivity contribution in [3.8, 4) is 5.75 Å². The topological polar surface area (TPSA) is 63.7 Å². The lowest BCUT2D eigenvalue weighted by molar-refractivity contribution is -0.137. The Morgan fingerprint density at radius 2 is 1.82 bits per heavy atom. The van der Waals surface area contributed by atoms with Gasteiger partial charge in [-0.3, -0.25) is 4.31 Å². The standard InChI is InChI=1S/C28H24ClF4NO4S/c1-17(13-23-24(29)7-4-8-25(23)30)19-10-12-27-26(14-19)34(16-21(38-27)11-9-18(2)35)39(36,37)22-6-3-5-20(15-22)28(31,32)33/h3-8,10,12-15,21H,9,11,16H2,1-2H3. The molecule has 0 N–H and O–H groups in total. The number of Topliss-reactive ketones (excluding diaryl/α,β-unsaturated/α-hetero) is 1. The van der Waals surface area contributed by atoms with Crippen LogP contribution in [-0.4, -0.2) is 26.8 Å². The minimum absolute atomic E-state index is 0.108. The van der Waals surface area contributed by atoms with Gasteiger partial charge < -0.3 is 9.53 Å². The van der Waals surface area contributed by atoms with Crippen molar-refractivity contribution < 1.29 is 35.5 Å². The summed E-state index contributed by atoms with van der Waals surface area (Å²) < 4.78 is 88.8. The van der Waals surface area contributed by atoms with Crippen LogP contribution < -0.4 is 9.04 Å². The highest BCUT2D eigenvalue weighted by atomic mass is 35.5. The van der Waals surface area contributed by atoms with Crippen LogP contribution >= 0.6 is 11.6 Å². The first-order valence-corrected chi connectivity index (χ1v) is 13.7. The second-order valence-corrected chi connectivity index (χ2v) is 11.5. The van der Waals surface area contributed by atoms with E-state index in [4.69, 9.17) is 16.3 Å². The molecule has 0 aromatic heterocycles. The summed E-state index contributed by atoms with van der Waals surface area (Å²) in [4.78, 5) is 11.0. The summed E-state index contributed by atoms with van der Waals surface area (Å²) in [7, 11) is -4.48. The zero-order valence-corrected chi connectivity index (χ0v) is 22.5. The Hall–Kier alpha value is -3.37. The normalized spacial score (nSPS) is 16.0. The summed E-state index contributed by atoms with van der Waals surface area (Å²) in [5.41, 5.74) is 0.238. The van der Waals surface area contributed by atoms with Crippen molar-refractivity contribution in [2.45, 2.75) is 43.9 Å². The number of carbonyl (C=O) groups is 1. The molecule has 3 aromatic carbocycles. The molecule has 5 nitrogen and oxygen atoms in total. The maximum Gasteiger partial charge on any atom is 0.416 e. The van der Waals surface area contributed by atoms with E-state index >= 15 is 0 Å². The van der Waals surface area contributed by atoms with Crippen molar-refractivity contribution in [1.82, 2.24) is 0 Å². The third-order valence-corrected chi connectivity index (χ3v) is 8.38. The Balaban J connectivity index is 1.81. The zero-order chi connectivity index (χ0) is 28.5. The summed E-state index contributed by atoms with van der Waals surface area (Å²) in [6.07, 6.45) is -3.57. The van der Waals surface area contributed by atoms with Gasteiger partial charge in [-0.2, -0.15) is 13.2 Å². The van der Waals surface area contributed by atoms with Gasteiger partial charge in [-0.15, -0.1) is 0 Å². The van der Waals surface area contributed by atoms with E-state index in [0.717, 1.165) is 22.5 Å². The smallest absolute Gasteiger partial charge is 0.416 e. The van der Waals surface area contributed by atoms with Crippen LogP contribution in [0.5, 0.6) is 5.75 Å². The highest BCUT2D eigenvalue weighted by Gasteiger charge is 2.37. The predicted molar refractivity (Wildman–Crippen MR) is 142 cm³/mol. The van der Waals surface area contributed by atoms with Crippen LogP contribution in [0.2, 0.25) is 5.02 Å². The van der Waals surface area contributed by atoms with Gasteiger partial charge in [0.05, 0.1) is 27.7 Å². The first kappa shape index (κ1) is 28.6. The molecule has 0 spiro atoms. The Morgan fingerprint density at radius 3 is 2.49 bits per heavy atom. The van der Waals surface area contributed by atoms with Crippen molar-refractivity contribution >= 4 is 44.7 Å². The van der Waals surface area contributed by atoms with E-state index in [1.807, 2.05) is 0 Å². The molecule has 0 bridgehead atoms. The number of benzene rings is 3. The number of allylic oxidation sites excluding steroid dienone is 1. The lowest BCUT2D eigenvalue weighted by Gasteiger charge is -2.36. The molecule has 0 fully saturated rings. The molecule has 0 saturated carbocycles.